The van der Waals surface area contributed by atoms with E-state index in [4.69, 9.17) is 9.84 Å². The number of aliphatic imine (C=N–C) groups is 1. The molecule has 1 fully saturated rings. The number of rotatable bonds is 5. The topological polar surface area (TPSA) is 62.1 Å². The number of ether oxygens (including phenoxy) is 1. The zero-order valence-corrected chi connectivity index (χ0v) is 15.9. The number of carbonyl (C=O) groups is 1. The quantitative estimate of drug-likeness (QED) is 0.803. The Morgan fingerprint density at radius 1 is 1.32 bits per heavy atom. The van der Waals surface area contributed by atoms with E-state index < -0.39 is 12.1 Å². The molecule has 2 atom stereocenters. The molecule has 1 aromatic carbocycles. The fraction of sp³-hybridized carbons (Fsp3) is 0.474. The van der Waals surface area contributed by atoms with E-state index in [1.807, 2.05) is 0 Å². The van der Waals surface area contributed by atoms with Crippen LogP contribution >= 0.6 is 11.8 Å². The Morgan fingerprint density at radius 2 is 2.07 bits per heavy atom. The minimum absolute atomic E-state index is 0.0671. The SMILES string of the molecule is O=C(COc1ccc(CO)cc1)N1CC[C@@H](SC2=NC=CCC2C(F)(F)F)C1. The highest BCUT2D eigenvalue weighted by Gasteiger charge is 2.44. The normalized spacial score (nSPS) is 22.3. The summed E-state index contributed by atoms with van der Waals surface area (Å²) >= 11 is 1.12. The molecule has 1 N–H and O–H groups in total. The van der Waals surface area contributed by atoms with Gasteiger partial charge in [0.15, 0.2) is 6.61 Å². The maximum absolute atomic E-state index is 13.2. The molecule has 9 heteroatoms. The number of thioether (sulfide) groups is 1. The van der Waals surface area contributed by atoms with Crippen molar-refractivity contribution >= 4 is 22.7 Å². The van der Waals surface area contributed by atoms with Gasteiger partial charge in [-0.2, -0.15) is 13.2 Å². The minimum Gasteiger partial charge on any atom is -0.484 e. The lowest BCUT2D eigenvalue weighted by Gasteiger charge is -2.24. The largest absolute Gasteiger partial charge is 0.484 e. The van der Waals surface area contributed by atoms with Gasteiger partial charge in [0.2, 0.25) is 0 Å². The number of halogens is 3. The maximum Gasteiger partial charge on any atom is 0.398 e. The molecule has 0 saturated carbocycles. The Morgan fingerprint density at radius 3 is 2.75 bits per heavy atom. The Kier molecular flexibility index (Phi) is 6.66. The van der Waals surface area contributed by atoms with Gasteiger partial charge in [0.1, 0.15) is 11.7 Å². The van der Waals surface area contributed by atoms with Crippen LogP contribution in [0.3, 0.4) is 0 Å². The summed E-state index contributed by atoms with van der Waals surface area (Å²) in [6, 6.07) is 6.76. The highest BCUT2D eigenvalue weighted by Crippen LogP contribution is 2.38. The summed E-state index contributed by atoms with van der Waals surface area (Å²) in [5.41, 5.74) is 0.746. The molecule has 28 heavy (non-hydrogen) atoms. The first-order valence-corrected chi connectivity index (χ1v) is 9.81. The van der Waals surface area contributed by atoms with Crippen molar-refractivity contribution in [3.05, 3.63) is 42.1 Å². The zero-order valence-electron chi connectivity index (χ0n) is 15.1. The second-order valence-corrected chi connectivity index (χ2v) is 7.96. The van der Waals surface area contributed by atoms with E-state index in [0.717, 1.165) is 17.3 Å². The summed E-state index contributed by atoms with van der Waals surface area (Å²) in [4.78, 5) is 17.9. The predicted molar refractivity (Wildman–Crippen MR) is 101 cm³/mol. The van der Waals surface area contributed by atoms with Gasteiger partial charge in [-0.25, -0.2) is 0 Å². The molecule has 0 aromatic heterocycles. The smallest absolute Gasteiger partial charge is 0.398 e. The van der Waals surface area contributed by atoms with Crippen molar-refractivity contribution < 1.29 is 27.8 Å². The lowest BCUT2D eigenvalue weighted by atomic mass is 10.1. The van der Waals surface area contributed by atoms with Crippen molar-refractivity contribution in [2.75, 3.05) is 19.7 Å². The van der Waals surface area contributed by atoms with Gasteiger partial charge in [-0.3, -0.25) is 9.79 Å². The molecule has 0 spiro atoms. The summed E-state index contributed by atoms with van der Waals surface area (Å²) in [7, 11) is 0. The molecule has 1 amide bonds. The first-order valence-electron chi connectivity index (χ1n) is 8.93. The zero-order chi connectivity index (χ0) is 20.1. The van der Waals surface area contributed by atoms with Crippen LogP contribution in [0.25, 0.3) is 0 Å². The van der Waals surface area contributed by atoms with Crippen LogP contribution < -0.4 is 4.74 Å². The van der Waals surface area contributed by atoms with Gasteiger partial charge in [0.05, 0.1) is 11.7 Å². The second-order valence-electron chi connectivity index (χ2n) is 6.64. The number of benzene rings is 1. The Labute approximate surface area is 165 Å². The number of alkyl halides is 3. The van der Waals surface area contributed by atoms with Crippen LogP contribution in [0, 0.1) is 5.92 Å². The predicted octanol–water partition coefficient (Wildman–Crippen LogP) is 3.39. The van der Waals surface area contributed by atoms with Crippen molar-refractivity contribution in [1.82, 2.24) is 4.90 Å². The average Bonchev–Trinajstić information content (AvgIpc) is 3.14. The van der Waals surface area contributed by atoms with Crippen LogP contribution in [-0.4, -0.2) is 52.1 Å². The van der Waals surface area contributed by atoms with Gasteiger partial charge < -0.3 is 14.7 Å². The minimum atomic E-state index is -4.32. The fourth-order valence-corrected chi connectivity index (χ4v) is 4.38. The molecule has 2 heterocycles. The van der Waals surface area contributed by atoms with Crippen molar-refractivity contribution in [2.45, 2.75) is 30.9 Å². The molecule has 0 aliphatic carbocycles. The van der Waals surface area contributed by atoms with Crippen LogP contribution in [0.5, 0.6) is 5.75 Å². The van der Waals surface area contributed by atoms with Crippen LogP contribution in [0.15, 0.2) is 41.5 Å². The van der Waals surface area contributed by atoms with Gasteiger partial charge in [0, 0.05) is 24.5 Å². The number of allylic oxidation sites excluding steroid dienone is 1. The standard InChI is InChI=1S/C19H21F3N2O3S/c20-19(21,22)16-2-1-8-23-18(16)28-15-7-9-24(10-15)17(26)12-27-14-5-3-13(11-25)4-6-14/h1,3-6,8,15-16,25H,2,7,9-12H2/t15-,16?/m1/s1. The third kappa shape index (κ3) is 5.29. The molecule has 3 rings (SSSR count). The highest BCUT2D eigenvalue weighted by atomic mass is 32.2. The average molecular weight is 414 g/mol. The second kappa shape index (κ2) is 9.00. The molecule has 1 saturated heterocycles. The van der Waals surface area contributed by atoms with Gasteiger partial charge >= 0.3 is 6.18 Å². The van der Waals surface area contributed by atoms with Gasteiger partial charge in [0.25, 0.3) is 5.91 Å². The molecule has 152 valence electrons. The van der Waals surface area contributed by atoms with Crippen molar-refractivity contribution in [1.29, 1.82) is 0 Å². The van der Waals surface area contributed by atoms with E-state index in [9.17, 15) is 18.0 Å². The molecule has 0 radical (unpaired) electrons. The Balaban J connectivity index is 1.49. The number of likely N-dealkylation sites (tertiary alicyclic amines) is 1. The highest BCUT2D eigenvalue weighted by molar-refractivity contribution is 8.14. The number of nitrogens with zero attached hydrogens (tertiary/aromatic N) is 2. The molecule has 2 aliphatic heterocycles. The molecule has 2 aliphatic rings. The van der Waals surface area contributed by atoms with Crippen molar-refractivity contribution in [3.8, 4) is 5.75 Å². The van der Waals surface area contributed by atoms with E-state index in [2.05, 4.69) is 4.99 Å². The first-order chi connectivity index (χ1) is 13.4. The summed E-state index contributed by atoms with van der Waals surface area (Å²) in [5.74, 6) is -1.24. The summed E-state index contributed by atoms with van der Waals surface area (Å²) in [6.45, 7) is 0.666. The van der Waals surface area contributed by atoms with Crippen LogP contribution in [0.4, 0.5) is 13.2 Å². The monoisotopic (exact) mass is 414 g/mol. The van der Waals surface area contributed by atoms with E-state index in [-0.39, 0.29) is 35.8 Å². The van der Waals surface area contributed by atoms with Gasteiger partial charge in [-0.1, -0.05) is 18.2 Å². The molecule has 1 unspecified atom stereocenters. The third-order valence-corrected chi connectivity index (χ3v) is 5.98. The fourth-order valence-electron chi connectivity index (χ4n) is 3.05. The number of aliphatic hydroxyl groups excluding tert-OH is 1. The number of carbonyl (C=O) groups excluding carboxylic acids is 1. The molecular formula is C19H21F3N2O3S. The number of amides is 1. The van der Waals surface area contributed by atoms with Crippen LogP contribution in [-0.2, 0) is 11.4 Å². The third-order valence-electron chi connectivity index (χ3n) is 4.63. The van der Waals surface area contributed by atoms with Crippen LogP contribution in [0.1, 0.15) is 18.4 Å². The van der Waals surface area contributed by atoms with Crippen LogP contribution in [0.2, 0.25) is 0 Å². The van der Waals surface area contributed by atoms with E-state index in [0.29, 0.717) is 25.3 Å². The Bertz CT molecular complexity index is 750. The van der Waals surface area contributed by atoms with E-state index >= 15 is 0 Å². The number of hydrogen-bond donors (Lipinski definition) is 1. The van der Waals surface area contributed by atoms with Gasteiger partial charge in [-0.05, 0) is 30.5 Å². The maximum atomic E-state index is 13.2. The summed E-state index contributed by atoms with van der Waals surface area (Å²) in [5, 5.41) is 8.99. The molecule has 0 bridgehead atoms. The lowest BCUT2D eigenvalue weighted by molar-refractivity contribution is -0.153. The van der Waals surface area contributed by atoms with Gasteiger partial charge in [-0.15, -0.1) is 11.8 Å². The van der Waals surface area contributed by atoms with Crippen molar-refractivity contribution in [2.24, 2.45) is 10.9 Å². The first kappa shape index (κ1) is 20.7. The van der Waals surface area contributed by atoms with Crippen molar-refractivity contribution in [3.63, 3.8) is 0 Å². The van der Waals surface area contributed by atoms with E-state index in [1.54, 1.807) is 29.2 Å². The van der Waals surface area contributed by atoms with E-state index in [1.165, 1.54) is 12.3 Å². The summed E-state index contributed by atoms with van der Waals surface area (Å²) < 4.78 is 44.9. The summed E-state index contributed by atoms with van der Waals surface area (Å²) in [6.07, 6.45) is -0.942. The Hall–Kier alpha value is -2.00. The molecular weight excluding hydrogens is 393 g/mol. The lowest BCUT2D eigenvalue weighted by Crippen LogP contribution is -2.34. The molecule has 1 aromatic rings. The number of aliphatic hydroxyl groups is 1. The number of hydrogen-bond acceptors (Lipinski definition) is 5. The molecule has 5 nitrogen and oxygen atoms in total.